The highest BCUT2D eigenvalue weighted by atomic mass is 16.5. The molecule has 1 aromatic carbocycles. The van der Waals surface area contributed by atoms with Gasteiger partial charge in [-0.2, -0.15) is 5.26 Å². The van der Waals surface area contributed by atoms with E-state index in [9.17, 15) is 10.1 Å². The largest absolute Gasteiger partial charge is 0.382 e. The fourth-order valence-electron chi connectivity index (χ4n) is 3.33. The van der Waals surface area contributed by atoms with Crippen molar-refractivity contribution in [2.45, 2.75) is 19.9 Å². The first-order chi connectivity index (χ1) is 14.0. The maximum atomic E-state index is 13.4. The summed E-state index contributed by atoms with van der Waals surface area (Å²) in [4.78, 5) is 21.3. The molecular formula is C20H17N7O2. The van der Waals surface area contributed by atoms with Crippen molar-refractivity contribution >= 4 is 22.4 Å². The van der Waals surface area contributed by atoms with Crippen molar-refractivity contribution in [1.82, 2.24) is 19.7 Å². The molecule has 0 saturated carbocycles. The Morgan fingerprint density at radius 3 is 2.86 bits per heavy atom. The minimum atomic E-state index is -0.411. The smallest absolute Gasteiger partial charge is 0.264 e. The summed E-state index contributed by atoms with van der Waals surface area (Å²) in [5.74, 6) is 0.739. The zero-order valence-corrected chi connectivity index (χ0v) is 15.7. The van der Waals surface area contributed by atoms with Gasteiger partial charge >= 0.3 is 0 Å². The van der Waals surface area contributed by atoms with Crippen molar-refractivity contribution in [3.05, 3.63) is 70.1 Å². The third kappa shape index (κ3) is 3.06. The Morgan fingerprint density at radius 1 is 1.31 bits per heavy atom. The van der Waals surface area contributed by atoms with Gasteiger partial charge < -0.3 is 15.6 Å². The molecule has 9 nitrogen and oxygen atoms in total. The number of nitriles is 1. The number of nitrogens with zero attached hydrogens (tertiary/aromatic N) is 5. The number of pyridine rings is 1. The molecule has 0 unspecified atom stereocenters. The molecule has 3 heterocycles. The molecule has 0 saturated heterocycles. The lowest BCUT2D eigenvalue weighted by molar-refractivity contribution is 0.415. The van der Waals surface area contributed by atoms with Gasteiger partial charge in [-0.1, -0.05) is 23.4 Å². The highest BCUT2D eigenvalue weighted by molar-refractivity contribution is 5.85. The average Bonchev–Trinajstić information content (AvgIpc) is 3.22. The normalized spacial score (nSPS) is 11.9. The summed E-state index contributed by atoms with van der Waals surface area (Å²) in [6, 6.07) is 10.8. The zero-order chi connectivity index (χ0) is 20.5. The van der Waals surface area contributed by atoms with E-state index in [-0.39, 0.29) is 22.8 Å². The van der Waals surface area contributed by atoms with Crippen LogP contribution in [0.3, 0.4) is 0 Å². The summed E-state index contributed by atoms with van der Waals surface area (Å²) >= 11 is 0. The molecule has 29 heavy (non-hydrogen) atoms. The number of anilines is 2. The van der Waals surface area contributed by atoms with E-state index in [0.717, 1.165) is 10.9 Å². The second-order valence-electron chi connectivity index (χ2n) is 6.57. The Balaban J connectivity index is 1.92. The molecule has 4 aromatic rings. The summed E-state index contributed by atoms with van der Waals surface area (Å²) < 4.78 is 6.45. The molecule has 4 rings (SSSR count). The molecule has 3 aromatic heterocycles. The van der Waals surface area contributed by atoms with Crippen LogP contribution in [0.1, 0.15) is 29.8 Å². The summed E-state index contributed by atoms with van der Waals surface area (Å²) in [6.07, 6.45) is 2.68. The number of nitrogens with one attached hydrogen (secondary N) is 1. The maximum Gasteiger partial charge on any atom is 0.264 e. The summed E-state index contributed by atoms with van der Waals surface area (Å²) in [5.41, 5.74) is 7.21. The van der Waals surface area contributed by atoms with Gasteiger partial charge in [0.05, 0.1) is 17.1 Å². The molecule has 0 aliphatic heterocycles. The van der Waals surface area contributed by atoms with Crippen LogP contribution in [-0.2, 0) is 0 Å². The molecular weight excluding hydrogens is 370 g/mol. The molecule has 144 valence electrons. The van der Waals surface area contributed by atoms with Crippen molar-refractivity contribution < 1.29 is 4.52 Å². The van der Waals surface area contributed by atoms with Gasteiger partial charge in [0.2, 0.25) is 0 Å². The van der Waals surface area contributed by atoms with Gasteiger partial charge in [-0.05, 0) is 30.9 Å². The quantitative estimate of drug-likeness (QED) is 0.545. The zero-order valence-electron chi connectivity index (χ0n) is 15.7. The van der Waals surface area contributed by atoms with Crippen LogP contribution in [0.5, 0.6) is 0 Å². The van der Waals surface area contributed by atoms with Crippen molar-refractivity contribution in [2.24, 2.45) is 0 Å². The van der Waals surface area contributed by atoms with Gasteiger partial charge in [-0.3, -0.25) is 9.36 Å². The summed E-state index contributed by atoms with van der Waals surface area (Å²) in [6.45, 7) is 3.74. The predicted octanol–water partition coefficient (Wildman–Crippen LogP) is 2.70. The van der Waals surface area contributed by atoms with Crippen LogP contribution in [-0.4, -0.2) is 19.7 Å². The molecule has 0 spiro atoms. The third-order valence-electron chi connectivity index (χ3n) is 4.72. The summed E-state index contributed by atoms with van der Waals surface area (Å²) in [7, 11) is 0. The first kappa shape index (κ1) is 18.2. The first-order valence-corrected chi connectivity index (χ1v) is 8.84. The number of aryl methyl sites for hydroxylation is 1. The van der Waals surface area contributed by atoms with Gasteiger partial charge in [0, 0.05) is 6.07 Å². The van der Waals surface area contributed by atoms with Gasteiger partial charge in [-0.25, -0.2) is 9.97 Å². The number of hydrogen-bond acceptors (Lipinski definition) is 8. The van der Waals surface area contributed by atoms with Crippen molar-refractivity contribution in [3.8, 4) is 11.9 Å². The lowest BCUT2D eigenvalue weighted by Gasteiger charge is -2.20. The molecule has 0 aliphatic carbocycles. The lowest BCUT2D eigenvalue weighted by Crippen LogP contribution is -2.26. The second kappa shape index (κ2) is 7.09. The fraction of sp³-hybridized carbons (Fsp3) is 0.150. The highest BCUT2D eigenvalue weighted by Gasteiger charge is 2.20. The Bertz CT molecular complexity index is 1300. The lowest BCUT2D eigenvalue weighted by atomic mass is 10.0. The monoisotopic (exact) mass is 387 g/mol. The Labute approximate surface area is 165 Å². The van der Waals surface area contributed by atoms with Crippen molar-refractivity contribution in [3.63, 3.8) is 0 Å². The van der Waals surface area contributed by atoms with Crippen molar-refractivity contribution in [1.29, 1.82) is 5.26 Å². The number of nitrogen functional groups attached to an aromatic ring is 1. The number of hydrogen-bond donors (Lipinski definition) is 2. The van der Waals surface area contributed by atoms with Crippen LogP contribution in [0.25, 0.3) is 16.6 Å². The molecule has 9 heteroatoms. The van der Waals surface area contributed by atoms with Crippen LogP contribution in [0.4, 0.5) is 11.6 Å². The van der Waals surface area contributed by atoms with Crippen LogP contribution in [0.15, 0.2) is 52.2 Å². The molecule has 0 fully saturated rings. The molecule has 0 bridgehead atoms. The number of nitrogens with two attached hydrogens (primary N) is 1. The van der Waals surface area contributed by atoms with Crippen LogP contribution in [0, 0.1) is 18.3 Å². The molecule has 0 radical (unpaired) electrons. The summed E-state index contributed by atoms with van der Waals surface area (Å²) in [5, 5.41) is 17.9. The standard InChI is InChI=1S/C20H17N7O2/c1-11-4-3-5-13-8-15(27(20(28)17(11)13)16-6-7-29-26-16)12(2)25-19-14(9-21)18(22)23-10-24-19/h3-8,10,12H,1-2H3,(H3,22,23,24,25)/t12-/m0/s1. The van der Waals surface area contributed by atoms with E-state index in [0.29, 0.717) is 16.9 Å². The number of fused-ring (bicyclic) bond motifs is 1. The van der Waals surface area contributed by atoms with Gasteiger partial charge in [0.25, 0.3) is 5.56 Å². The van der Waals surface area contributed by atoms with Gasteiger partial charge in [0.1, 0.15) is 35.9 Å². The van der Waals surface area contributed by atoms with Crippen molar-refractivity contribution in [2.75, 3.05) is 11.1 Å². The van der Waals surface area contributed by atoms with E-state index in [2.05, 4.69) is 20.4 Å². The molecule has 3 N–H and O–H groups in total. The molecule has 1 atom stereocenters. The van der Waals surface area contributed by atoms with E-state index in [4.69, 9.17) is 10.3 Å². The van der Waals surface area contributed by atoms with Crippen LogP contribution >= 0.6 is 0 Å². The minimum Gasteiger partial charge on any atom is -0.382 e. The fourth-order valence-corrected chi connectivity index (χ4v) is 3.33. The highest BCUT2D eigenvalue weighted by Crippen LogP contribution is 2.26. The Kier molecular flexibility index (Phi) is 4.44. The number of aromatic nitrogens is 4. The SMILES string of the molecule is Cc1cccc2cc([C@H](C)Nc3ncnc(N)c3C#N)n(-c3ccon3)c(=O)c12. The van der Waals surface area contributed by atoms with Crippen LogP contribution < -0.4 is 16.6 Å². The molecule has 0 amide bonds. The van der Waals surface area contributed by atoms with E-state index in [1.165, 1.54) is 17.2 Å². The Morgan fingerprint density at radius 2 is 2.14 bits per heavy atom. The average molecular weight is 387 g/mol. The van der Waals surface area contributed by atoms with E-state index >= 15 is 0 Å². The minimum absolute atomic E-state index is 0.0835. The van der Waals surface area contributed by atoms with Gasteiger partial charge in [0.15, 0.2) is 5.82 Å². The maximum absolute atomic E-state index is 13.4. The van der Waals surface area contributed by atoms with E-state index in [1.807, 2.05) is 44.2 Å². The number of benzene rings is 1. The number of rotatable bonds is 4. The topological polar surface area (TPSA) is 136 Å². The predicted molar refractivity (Wildman–Crippen MR) is 108 cm³/mol. The second-order valence-corrected chi connectivity index (χ2v) is 6.57. The van der Waals surface area contributed by atoms with E-state index in [1.54, 1.807) is 6.07 Å². The Hall–Kier alpha value is -4.19. The third-order valence-corrected chi connectivity index (χ3v) is 4.72. The van der Waals surface area contributed by atoms with E-state index < -0.39 is 6.04 Å². The van der Waals surface area contributed by atoms with Gasteiger partial charge in [-0.15, -0.1) is 0 Å². The molecule has 0 aliphatic rings. The van der Waals surface area contributed by atoms with Crippen LogP contribution in [0.2, 0.25) is 0 Å². The first-order valence-electron chi connectivity index (χ1n) is 8.84.